The largest absolute Gasteiger partial charge is 0.491 e. The molecule has 5 rings (SSSR count). The molecule has 1 unspecified atom stereocenters. The fourth-order valence-corrected chi connectivity index (χ4v) is 4.66. The summed E-state index contributed by atoms with van der Waals surface area (Å²) in [5.74, 6) is -2.93. The van der Waals surface area contributed by atoms with Crippen molar-refractivity contribution in [2.45, 2.75) is 32.3 Å². The lowest BCUT2D eigenvalue weighted by molar-refractivity contribution is -0.207. The van der Waals surface area contributed by atoms with Crippen molar-refractivity contribution in [3.8, 4) is 0 Å². The lowest BCUT2D eigenvalue weighted by atomic mass is 10.2. The Bertz CT molecular complexity index is 1520. The number of aromatic nitrogens is 5. The molecule has 2 aliphatic rings. The molecular weight excluding hydrogens is 515 g/mol. The zero-order valence-corrected chi connectivity index (χ0v) is 20.4. The van der Waals surface area contributed by atoms with Crippen LogP contribution < -0.4 is 21.5 Å². The van der Waals surface area contributed by atoms with E-state index in [-0.39, 0.29) is 30.3 Å². The van der Waals surface area contributed by atoms with Crippen LogP contribution in [0.25, 0.3) is 11.2 Å². The summed E-state index contributed by atoms with van der Waals surface area (Å²) in [7, 11) is 1.39. The molecule has 3 aromatic heterocycles. The molecule has 0 saturated carbocycles. The van der Waals surface area contributed by atoms with Crippen molar-refractivity contribution in [2.24, 2.45) is 7.05 Å². The highest BCUT2D eigenvalue weighted by molar-refractivity contribution is 5.78. The van der Waals surface area contributed by atoms with E-state index in [2.05, 4.69) is 15.3 Å². The zero-order chi connectivity index (χ0) is 27.2. The van der Waals surface area contributed by atoms with Gasteiger partial charge in [0.1, 0.15) is 6.26 Å². The zero-order valence-electron chi connectivity index (χ0n) is 20.4. The Morgan fingerprint density at radius 3 is 2.76 bits per heavy atom. The van der Waals surface area contributed by atoms with Gasteiger partial charge in [-0.15, -0.1) is 0 Å². The lowest BCUT2D eigenvalue weighted by Gasteiger charge is -2.25. The summed E-state index contributed by atoms with van der Waals surface area (Å²) in [6.45, 7) is 3.51. The van der Waals surface area contributed by atoms with Gasteiger partial charge in [0.2, 0.25) is 5.95 Å². The second-order valence-electron chi connectivity index (χ2n) is 8.63. The van der Waals surface area contributed by atoms with Gasteiger partial charge in [-0.25, -0.2) is 14.6 Å². The summed E-state index contributed by atoms with van der Waals surface area (Å²) >= 11 is 0. The second-order valence-corrected chi connectivity index (χ2v) is 8.63. The first-order valence-electron chi connectivity index (χ1n) is 11.8. The molecular formula is C22H24F3N7O6. The van der Waals surface area contributed by atoms with Crippen molar-refractivity contribution < 1.29 is 31.9 Å². The first kappa shape index (κ1) is 25.7. The average Bonchev–Trinajstić information content (AvgIpc) is 3.66. The van der Waals surface area contributed by atoms with E-state index in [9.17, 15) is 27.6 Å². The van der Waals surface area contributed by atoms with Gasteiger partial charge in [-0.05, 0) is 18.9 Å². The third-order valence-corrected chi connectivity index (χ3v) is 6.41. The van der Waals surface area contributed by atoms with E-state index in [1.165, 1.54) is 7.05 Å². The number of halogens is 3. The Labute approximate surface area is 212 Å². The minimum absolute atomic E-state index is 0.00142. The van der Waals surface area contributed by atoms with Crippen molar-refractivity contribution in [2.75, 3.05) is 37.7 Å². The Hall–Kier alpha value is -3.92. The van der Waals surface area contributed by atoms with Crippen LogP contribution in [0.4, 0.5) is 19.1 Å². The van der Waals surface area contributed by atoms with Gasteiger partial charge < -0.3 is 24.1 Å². The molecule has 204 valence electrons. The molecule has 0 amide bonds. The van der Waals surface area contributed by atoms with Gasteiger partial charge in [0.15, 0.2) is 11.2 Å². The number of rotatable bonds is 8. The van der Waals surface area contributed by atoms with Gasteiger partial charge in [0.25, 0.3) is 17.7 Å². The molecule has 0 spiro atoms. The molecule has 0 bridgehead atoms. The monoisotopic (exact) mass is 539 g/mol. The van der Waals surface area contributed by atoms with Crippen molar-refractivity contribution in [1.82, 2.24) is 29.0 Å². The van der Waals surface area contributed by atoms with Crippen LogP contribution in [-0.2, 0) is 27.9 Å². The number of oxazole rings is 1. The lowest BCUT2D eigenvalue weighted by Crippen LogP contribution is -2.41. The van der Waals surface area contributed by atoms with E-state index in [4.69, 9.17) is 13.9 Å². The predicted molar refractivity (Wildman–Crippen MR) is 124 cm³/mol. The molecule has 3 aromatic rings. The number of imidazole rings is 1. The fraction of sp³-hybridized carbons (Fsp3) is 0.500. The standard InChI is InChI=1S/C22H24F3N7O6/c1-3-36-9-7-31-17(33)14-15(29(2)21(31)35)28-20(30-6-4-12-10-26-11-13(12)30)32(14)18(16-27-5-8-37-16)38-19(34)22(23,24)25/h5,8,18,26H,3-4,6-7,9-11H2,1-2H3. The molecule has 13 nitrogen and oxygen atoms in total. The Kier molecular flexibility index (Phi) is 6.60. The van der Waals surface area contributed by atoms with Crippen LogP contribution in [0.5, 0.6) is 0 Å². The van der Waals surface area contributed by atoms with Crippen LogP contribution in [0.3, 0.4) is 0 Å². The highest BCUT2D eigenvalue weighted by atomic mass is 19.4. The third kappa shape index (κ3) is 4.28. The third-order valence-electron chi connectivity index (χ3n) is 6.41. The number of anilines is 1. The number of carbonyl (C=O) groups is 1. The maximum absolute atomic E-state index is 13.7. The van der Waals surface area contributed by atoms with E-state index < -0.39 is 35.5 Å². The molecule has 2 aliphatic heterocycles. The fourth-order valence-electron chi connectivity index (χ4n) is 4.66. The van der Waals surface area contributed by atoms with Crippen molar-refractivity contribution in [1.29, 1.82) is 0 Å². The molecule has 0 saturated heterocycles. The van der Waals surface area contributed by atoms with Crippen LogP contribution in [-0.4, -0.2) is 68.7 Å². The van der Waals surface area contributed by atoms with Crippen LogP contribution >= 0.6 is 0 Å². The number of alkyl halides is 3. The summed E-state index contributed by atoms with van der Waals surface area (Å²) in [6, 6.07) is 0. The van der Waals surface area contributed by atoms with E-state index in [0.29, 0.717) is 32.7 Å². The molecule has 16 heteroatoms. The first-order chi connectivity index (χ1) is 18.1. The minimum Gasteiger partial charge on any atom is -0.444 e. The van der Waals surface area contributed by atoms with Gasteiger partial charge in [-0.1, -0.05) is 0 Å². The van der Waals surface area contributed by atoms with E-state index >= 15 is 0 Å². The molecule has 0 aromatic carbocycles. The van der Waals surface area contributed by atoms with Crippen molar-refractivity contribution in [3.63, 3.8) is 0 Å². The summed E-state index contributed by atoms with van der Waals surface area (Å²) in [4.78, 5) is 48.9. The average molecular weight is 539 g/mol. The van der Waals surface area contributed by atoms with E-state index in [0.717, 1.165) is 37.4 Å². The molecule has 1 N–H and O–H groups in total. The number of aryl methyl sites for hydroxylation is 1. The Balaban J connectivity index is 1.79. The number of nitrogens with zero attached hydrogens (tertiary/aromatic N) is 6. The number of ether oxygens (including phenoxy) is 2. The topological polar surface area (TPSA) is 139 Å². The van der Waals surface area contributed by atoms with Gasteiger partial charge in [-0.2, -0.15) is 18.2 Å². The molecule has 5 heterocycles. The summed E-state index contributed by atoms with van der Waals surface area (Å²) in [5.41, 5.74) is -0.0106. The summed E-state index contributed by atoms with van der Waals surface area (Å²) < 4.78 is 58.4. The van der Waals surface area contributed by atoms with E-state index in [1.807, 2.05) is 0 Å². The normalized spacial score (nSPS) is 16.5. The van der Waals surface area contributed by atoms with Gasteiger partial charge >= 0.3 is 17.8 Å². The number of esters is 1. The Morgan fingerprint density at radius 1 is 1.29 bits per heavy atom. The quantitative estimate of drug-likeness (QED) is 0.321. The number of fused-ring (bicyclic) bond motifs is 1. The summed E-state index contributed by atoms with van der Waals surface area (Å²) in [5, 5.41) is 3.20. The highest BCUT2D eigenvalue weighted by Crippen LogP contribution is 2.36. The van der Waals surface area contributed by atoms with Crippen molar-refractivity contribution >= 4 is 23.1 Å². The molecule has 38 heavy (non-hydrogen) atoms. The Morgan fingerprint density at radius 2 is 2.08 bits per heavy atom. The molecule has 0 fully saturated rings. The van der Waals surface area contributed by atoms with Gasteiger partial charge in [0, 0.05) is 39.0 Å². The first-order valence-corrected chi connectivity index (χ1v) is 11.8. The summed E-state index contributed by atoms with van der Waals surface area (Å²) in [6.07, 6.45) is -4.39. The molecule has 0 radical (unpaired) electrons. The van der Waals surface area contributed by atoms with Crippen LogP contribution in [0.2, 0.25) is 0 Å². The predicted octanol–water partition coefficient (Wildman–Crippen LogP) is 0.641. The number of carbonyl (C=O) groups excluding carboxylic acids is 1. The van der Waals surface area contributed by atoms with Crippen LogP contribution in [0.1, 0.15) is 25.5 Å². The molecule has 0 aliphatic carbocycles. The van der Waals surface area contributed by atoms with Crippen LogP contribution in [0.15, 0.2) is 37.7 Å². The second kappa shape index (κ2) is 9.75. The van der Waals surface area contributed by atoms with Gasteiger partial charge in [0.05, 0.1) is 19.3 Å². The smallest absolute Gasteiger partial charge is 0.444 e. The highest BCUT2D eigenvalue weighted by Gasteiger charge is 2.45. The maximum atomic E-state index is 13.7. The SMILES string of the molecule is CCOCCn1c(=O)c2c(nc(N3CCC4=C3CNC4)n2C(OC(=O)C(F)(F)F)c2ncco2)n(C)c1=O. The van der Waals surface area contributed by atoms with E-state index in [1.54, 1.807) is 11.8 Å². The molecule has 1 atom stereocenters. The maximum Gasteiger partial charge on any atom is 0.491 e. The number of nitrogens with one attached hydrogen (secondary N) is 1. The number of hydrogen-bond acceptors (Lipinski definition) is 10. The van der Waals surface area contributed by atoms with Crippen molar-refractivity contribution in [3.05, 3.63) is 50.5 Å². The van der Waals surface area contributed by atoms with Gasteiger partial charge in [-0.3, -0.25) is 18.5 Å². The number of hydrogen-bond donors (Lipinski definition) is 1. The van der Waals surface area contributed by atoms with Crippen LogP contribution in [0, 0.1) is 0 Å². The minimum atomic E-state index is -5.34.